The minimum Gasteiger partial charge on any atom is -0.334 e. The third-order valence-electron chi connectivity index (χ3n) is 3.61. The molecule has 4 nitrogen and oxygen atoms in total. The number of aromatic nitrogens is 1. The van der Waals surface area contributed by atoms with Gasteiger partial charge in [-0.15, -0.1) is 11.3 Å². The molecule has 1 aromatic carbocycles. The Morgan fingerprint density at radius 3 is 2.86 bits per heavy atom. The van der Waals surface area contributed by atoms with Crippen LogP contribution in [0.1, 0.15) is 16.0 Å². The van der Waals surface area contributed by atoms with Gasteiger partial charge in [-0.05, 0) is 31.0 Å². The molecule has 22 heavy (non-hydrogen) atoms. The summed E-state index contributed by atoms with van der Waals surface area (Å²) in [7, 11) is 0. The van der Waals surface area contributed by atoms with E-state index in [9.17, 15) is 4.79 Å². The molecule has 112 valence electrons. The number of amides is 2. The molecule has 0 atom stereocenters. The molecule has 3 aromatic rings. The van der Waals surface area contributed by atoms with Gasteiger partial charge in [0.1, 0.15) is 0 Å². The van der Waals surface area contributed by atoms with Crippen molar-refractivity contribution in [3.05, 3.63) is 58.7 Å². The van der Waals surface area contributed by atoms with E-state index in [1.807, 2.05) is 50.4 Å². The Labute approximate surface area is 133 Å². The molecule has 0 bridgehead atoms. The van der Waals surface area contributed by atoms with Crippen molar-refractivity contribution in [1.29, 1.82) is 0 Å². The first-order valence-electron chi connectivity index (χ1n) is 7.07. The zero-order valence-electron chi connectivity index (χ0n) is 12.5. The van der Waals surface area contributed by atoms with Crippen LogP contribution in [0.5, 0.6) is 0 Å². The average Bonchev–Trinajstić information content (AvgIpc) is 2.83. The van der Waals surface area contributed by atoms with Crippen LogP contribution in [0.25, 0.3) is 10.1 Å². The van der Waals surface area contributed by atoms with E-state index in [-0.39, 0.29) is 6.03 Å². The first-order valence-corrected chi connectivity index (χ1v) is 7.89. The number of anilines is 1. The lowest BCUT2D eigenvalue weighted by Gasteiger charge is -2.09. The second-order valence-electron chi connectivity index (χ2n) is 5.14. The summed E-state index contributed by atoms with van der Waals surface area (Å²) in [5, 5.41) is 6.90. The summed E-state index contributed by atoms with van der Waals surface area (Å²) in [5.74, 6) is 0. The molecule has 3 rings (SSSR count). The van der Waals surface area contributed by atoms with Crippen molar-refractivity contribution in [3.63, 3.8) is 0 Å². The van der Waals surface area contributed by atoms with E-state index in [1.54, 1.807) is 17.5 Å². The maximum atomic E-state index is 12.2. The number of nitrogens with one attached hydrogen (secondary N) is 2. The molecular formula is C17H17N3OS. The van der Waals surface area contributed by atoms with Gasteiger partial charge < -0.3 is 10.6 Å². The van der Waals surface area contributed by atoms with E-state index >= 15 is 0 Å². The summed E-state index contributed by atoms with van der Waals surface area (Å²) in [4.78, 5) is 17.3. The van der Waals surface area contributed by atoms with Crippen molar-refractivity contribution in [1.82, 2.24) is 10.3 Å². The molecule has 2 aromatic heterocycles. The monoisotopic (exact) mass is 311 g/mol. The molecule has 0 saturated carbocycles. The smallest absolute Gasteiger partial charge is 0.319 e. The van der Waals surface area contributed by atoms with Crippen LogP contribution in [0.3, 0.4) is 0 Å². The fourth-order valence-corrected chi connectivity index (χ4v) is 3.36. The zero-order chi connectivity index (χ0) is 15.5. The van der Waals surface area contributed by atoms with Gasteiger partial charge in [-0.1, -0.05) is 24.3 Å². The third-order valence-corrected chi connectivity index (χ3v) is 4.66. The van der Waals surface area contributed by atoms with E-state index in [2.05, 4.69) is 15.6 Å². The number of urea groups is 1. The van der Waals surface area contributed by atoms with Gasteiger partial charge in [0.2, 0.25) is 0 Å². The van der Waals surface area contributed by atoms with E-state index in [1.165, 1.54) is 5.56 Å². The third kappa shape index (κ3) is 2.94. The lowest BCUT2D eigenvalue weighted by atomic mass is 10.1. The predicted octanol–water partition coefficient (Wildman–Crippen LogP) is 4.23. The first-order chi connectivity index (χ1) is 10.6. The molecule has 0 unspecified atom stereocenters. The van der Waals surface area contributed by atoms with Gasteiger partial charge in [-0.3, -0.25) is 4.98 Å². The van der Waals surface area contributed by atoms with E-state index in [4.69, 9.17) is 0 Å². The highest BCUT2D eigenvalue weighted by atomic mass is 32.1. The van der Waals surface area contributed by atoms with Crippen LogP contribution in [-0.2, 0) is 6.54 Å². The summed E-state index contributed by atoms with van der Waals surface area (Å²) in [6.07, 6.45) is 3.56. The maximum Gasteiger partial charge on any atom is 0.319 e. The normalized spacial score (nSPS) is 10.6. The Balaban J connectivity index is 1.71. The predicted molar refractivity (Wildman–Crippen MR) is 91.4 cm³/mol. The fraction of sp³-hybridized carbons (Fsp3) is 0.176. The van der Waals surface area contributed by atoms with Crippen molar-refractivity contribution in [2.24, 2.45) is 0 Å². The van der Waals surface area contributed by atoms with E-state index in [0.29, 0.717) is 6.54 Å². The van der Waals surface area contributed by atoms with Crippen LogP contribution >= 0.6 is 11.3 Å². The molecule has 0 fully saturated rings. The molecule has 2 heterocycles. The number of hydrogen-bond acceptors (Lipinski definition) is 3. The summed E-state index contributed by atoms with van der Waals surface area (Å²) in [6, 6.07) is 9.77. The van der Waals surface area contributed by atoms with Gasteiger partial charge in [-0.25, -0.2) is 4.79 Å². The molecule has 0 spiro atoms. The second-order valence-corrected chi connectivity index (χ2v) is 6.40. The number of fused-ring (bicyclic) bond motifs is 1. The lowest BCUT2D eigenvalue weighted by molar-refractivity contribution is 0.251. The molecule has 2 N–H and O–H groups in total. The average molecular weight is 311 g/mol. The number of aryl methyl sites for hydroxylation is 2. The quantitative estimate of drug-likeness (QED) is 0.760. The molecular weight excluding hydrogens is 294 g/mol. The number of carbonyl (C=O) groups excluding carboxylic acids is 1. The second kappa shape index (κ2) is 6.15. The van der Waals surface area contributed by atoms with Crippen LogP contribution in [0.2, 0.25) is 0 Å². The zero-order valence-corrected chi connectivity index (χ0v) is 13.3. The van der Waals surface area contributed by atoms with E-state index in [0.717, 1.165) is 26.2 Å². The Kier molecular flexibility index (Phi) is 4.06. The molecule has 0 aliphatic heterocycles. The SMILES string of the molecule is Cc1ccccc1CNC(=O)Nc1c(C)sc2cnccc12. The largest absolute Gasteiger partial charge is 0.334 e. The van der Waals surface area contributed by atoms with Gasteiger partial charge in [-0.2, -0.15) is 0 Å². The van der Waals surface area contributed by atoms with Gasteiger partial charge in [0.25, 0.3) is 0 Å². The molecule has 5 heteroatoms. The number of rotatable bonds is 3. The summed E-state index contributed by atoms with van der Waals surface area (Å²) in [5.41, 5.74) is 3.16. The number of benzene rings is 1. The highest BCUT2D eigenvalue weighted by Gasteiger charge is 2.11. The van der Waals surface area contributed by atoms with Crippen molar-refractivity contribution in [2.45, 2.75) is 20.4 Å². The minimum absolute atomic E-state index is 0.192. The molecule has 0 aliphatic carbocycles. The number of thiophene rings is 1. The van der Waals surface area contributed by atoms with Crippen LogP contribution in [0.15, 0.2) is 42.7 Å². The van der Waals surface area contributed by atoms with Crippen molar-refractivity contribution >= 4 is 33.1 Å². The summed E-state index contributed by atoms with van der Waals surface area (Å²) in [6.45, 7) is 4.56. The Hall–Kier alpha value is -2.40. The minimum atomic E-state index is -0.192. The standard InChI is InChI=1S/C17H17N3OS/c1-11-5-3-4-6-13(11)9-19-17(21)20-16-12(2)22-15-10-18-8-7-14(15)16/h3-8,10H,9H2,1-2H3,(H2,19,20,21). The Morgan fingerprint density at radius 2 is 2.05 bits per heavy atom. The first kappa shape index (κ1) is 14.5. The lowest BCUT2D eigenvalue weighted by Crippen LogP contribution is -2.28. The highest BCUT2D eigenvalue weighted by Crippen LogP contribution is 2.34. The molecule has 0 radical (unpaired) electrons. The molecule has 0 saturated heterocycles. The van der Waals surface area contributed by atoms with Crippen molar-refractivity contribution < 1.29 is 4.79 Å². The number of pyridine rings is 1. The van der Waals surface area contributed by atoms with Gasteiger partial charge in [0, 0.05) is 29.2 Å². The van der Waals surface area contributed by atoms with Crippen LogP contribution in [0, 0.1) is 13.8 Å². The number of carbonyl (C=O) groups is 1. The molecule has 0 aliphatic rings. The topological polar surface area (TPSA) is 54.0 Å². The maximum absolute atomic E-state index is 12.2. The van der Waals surface area contributed by atoms with Crippen molar-refractivity contribution in [3.8, 4) is 0 Å². The van der Waals surface area contributed by atoms with Crippen LogP contribution < -0.4 is 10.6 Å². The van der Waals surface area contributed by atoms with Gasteiger partial charge in [0.15, 0.2) is 0 Å². The Bertz CT molecular complexity index is 826. The van der Waals surface area contributed by atoms with Crippen molar-refractivity contribution in [2.75, 3.05) is 5.32 Å². The van der Waals surface area contributed by atoms with Crippen LogP contribution in [-0.4, -0.2) is 11.0 Å². The van der Waals surface area contributed by atoms with Gasteiger partial charge >= 0.3 is 6.03 Å². The van der Waals surface area contributed by atoms with Crippen LogP contribution in [0.4, 0.5) is 10.5 Å². The Morgan fingerprint density at radius 1 is 1.23 bits per heavy atom. The fourth-order valence-electron chi connectivity index (χ4n) is 2.37. The molecule has 2 amide bonds. The summed E-state index contributed by atoms with van der Waals surface area (Å²) < 4.78 is 1.08. The number of nitrogens with zero attached hydrogens (tertiary/aromatic N) is 1. The highest BCUT2D eigenvalue weighted by molar-refractivity contribution is 7.19. The van der Waals surface area contributed by atoms with E-state index < -0.39 is 0 Å². The van der Waals surface area contributed by atoms with Gasteiger partial charge in [0.05, 0.1) is 10.4 Å². The number of hydrogen-bond donors (Lipinski definition) is 2. The summed E-state index contributed by atoms with van der Waals surface area (Å²) >= 11 is 1.63.